The van der Waals surface area contributed by atoms with Crippen molar-refractivity contribution >= 4 is 17.5 Å². The van der Waals surface area contributed by atoms with Gasteiger partial charge in [-0.2, -0.15) is 13.2 Å². The topological polar surface area (TPSA) is 29.1 Å². The van der Waals surface area contributed by atoms with Gasteiger partial charge in [0.25, 0.3) is 0 Å². The number of amides is 1. The fraction of sp³-hybridized carbons (Fsp3) is 0.857. The molecule has 0 aliphatic rings. The highest BCUT2D eigenvalue weighted by Gasteiger charge is 2.31. The van der Waals surface area contributed by atoms with E-state index in [2.05, 4.69) is 5.32 Å². The van der Waals surface area contributed by atoms with Gasteiger partial charge in [-0.15, -0.1) is 11.6 Å². The Morgan fingerprint density at radius 1 is 1.54 bits per heavy atom. The van der Waals surface area contributed by atoms with E-state index < -0.39 is 18.5 Å². The third-order valence-electron chi connectivity index (χ3n) is 1.41. The van der Waals surface area contributed by atoms with Crippen LogP contribution in [0.25, 0.3) is 0 Å². The average molecular weight is 218 g/mol. The summed E-state index contributed by atoms with van der Waals surface area (Å²) < 4.78 is 35.0. The second-order valence-corrected chi connectivity index (χ2v) is 2.93. The minimum absolute atomic E-state index is 0.125. The Balaban J connectivity index is 3.86. The van der Waals surface area contributed by atoms with Crippen molar-refractivity contribution < 1.29 is 18.0 Å². The van der Waals surface area contributed by atoms with Crippen molar-refractivity contribution in [3.8, 4) is 0 Å². The lowest BCUT2D eigenvalue weighted by molar-refractivity contribution is -0.154. The summed E-state index contributed by atoms with van der Waals surface area (Å²) in [5.41, 5.74) is 0. The van der Waals surface area contributed by atoms with Crippen LogP contribution >= 0.6 is 11.6 Å². The molecule has 0 aromatic rings. The second kappa shape index (κ2) is 5.32. The van der Waals surface area contributed by atoms with Crippen LogP contribution in [-0.4, -0.2) is 24.0 Å². The van der Waals surface area contributed by atoms with E-state index in [1.165, 1.54) is 0 Å². The number of hydrogen-bond donors (Lipinski definition) is 1. The first kappa shape index (κ1) is 12.6. The van der Waals surface area contributed by atoms with E-state index in [4.69, 9.17) is 11.6 Å². The van der Waals surface area contributed by atoms with Gasteiger partial charge >= 0.3 is 6.18 Å². The van der Waals surface area contributed by atoms with Crippen LogP contribution in [0.4, 0.5) is 13.2 Å². The van der Waals surface area contributed by atoms with Gasteiger partial charge in [-0.3, -0.25) is 4.79 Å². The molecule has 0 fully saturated rings. The molecule has 0 aromatic heterocycles. The van der Waals surface area contributed by atoms with Gasteiger partial charge in [0.15, 0.2) is 0 Å². The summed E-state index contributed by atoms with van der Waals surface area (Å²) in [5.74, 6) is -0.903. The summed E-state index contributed by atoms with van der Waals surface area (Å²) in [6, 6.07) is -0.378. The van der Waals surface area contributed by atoms with Crippen molar-refractivity contribution in [3.05, 3.63) is 0 Å². The maximum absolute atomic E-state index is 11.7. The molecule has 0 rings (SSSR count). The van der Waals surface area contributed by atoms with Gasteiger partial charge in [-0.1, -0.05) is 6.92 Å². The normalized spacial score (nSPS) is 13.9. The summed E-state index contributed by atoms with van der Waals surface area (Å²) >= 11 is 5.39. The zero-order chi connectivity index (χ0) is 10.5. The van der Waals surface area contributed by atoms with Crippen LogP contribution in [-0.2, 0) is 4.79 Å². The van der Waals surface area contributed by atoms with E-state index in [1.807, 2.05) is 0 Å². The summed E-state index contributed by atoms with van der Waals surface area (Å²) in [7, 11) is 0. The molecule has 1 N–H and O–H groups in total. The number of alkyl halides is 4. The first-order valence-electron chi connectivity index (χ1n) is 3.81. The molecule has 13 heavy (non-hydrogen) atoms. The Morgan fingerprint density at radius 3 is 2.38 bits per heavy atom. The molecule has 1 atom stereocenters. The highest BCUT2D eigenvalue weighted by molar-refractivity contribution is 6.18. The second-order valence-electron chi connectivity index (χ2n) is 2.62. The zero-order valence-electron chi connectivity index (χ0n) is 7.12. The minimum Gasteiger partial charge on any atom is -0.352 e. The molecule has 0 saturated heterocycles. The molecule has 6 heteroatoms. The third kappa shape index (κ3) is 6.69. The van der Waals surface area contributed by atoms with Crippen molar-refractivity contribution in [1.82, 2.24) is 5.32 Å². The Kier molecular flexibility index (Phi) is 5.13. The number of carbonyl (C=O) groups is 1. The molecule has 0 heterocycles. The Bertz CT molecular complexity index is 168. The molecule has 0 saturated carbocycles. The number of hydrogen-bond acceptors (Lipinski definition) is 1. The van der Waals surface area contributed by atoms with Crippen molar-refractivity contribution in [3.63, 3.8) is 0 Å². The monoisotopic (exact) mass is 217 g/mol. The highest BCUT2D eigenvalue weighted by atomic mass is 35.5. The van der Waals surface area contributed by atoms with Crippen LogP contribution < -0.4 is 5.32 Å². The van der Waals surface area contributed by atoms with E-state index in [-0.39, 0.29) is 11.9 Å². The van der Waals surface area contributed by atoms with Crippen LogP contribution in [0.2, 0.25) is 0 Å². The van der Waals surface area contributed by atoms with Gasteiger partial charge in [-0.05, 0) is 6.42 Å². The van der Waals surface area contributed by atoms with Gasteiger partial charge in [0.1, 0.15) is 6.42 Å². The fourth-order valence-corrected chi connectivity index (χ4v) is 1.01. The summed E-state index contributed by atoms with van der Waals surface area (Å²) in [6.45, 7) is 1.74. The zero-order valence-corrected chi connectivity index (χ0v) is 7.87. The van der Waals surface area contributed by atoms with Gasteiger partial charge < -0.3 is 5.32 Å². The summed E-state index contributed by atoms with van der Waals surface area (Å²) in [5, 5.41) is 2.18. The van der Waals surface area contributed by atoms with Crippen LogP contribution in [0.5, 0.6) is 0 Å². The quantitative estimate of drug-likeness (QED) is 0.718. The molecule has 0 radical (unpaired) electrons. The highest BCUT2D eigenvalue weighted by Crippen LogP contribution is 2.19. The standard InChI is InChI=1S/C7H11ClF3NO/c1-2-5(4-8)12-6(13)3-7(9,10)11/h5H,2-4H2,1H3,(H,12,13). The van der Waals surface area contributed by atoms with Crippen molar-refractivity contribution in [2.75, 3.05) is 5.88 Å². The number of nitrogens with one attached hydrogen (secondary N) is 1. The van der Waals surface area contributed by atoms with Gasteiger partial charge in [0.2, 0.25) is 5.91 Å². The number of rotatable bonds is 4. The van der Waals surface area contributed by atoms with Crippen LogP contribution in [0.1, 0.15) is 19.8 Å². The molecule has 78 valence electrons. The molecule has 1 amide bonds. The van der Waals surface area contributed by atoms with E-state index >= 15 is 0 Å². The molecule has 0 spiro atoms. The maximum Gasteiger partial charge on any atom is 0.397 e. The lowest BCUT2D eigenvalue weighted by atomic mass is 10.2. The van der Waals surface area contributed by atoms with Crippen molar-refractivity contribution in [1.29, 1.82) is 0 Å². The molecular formula is C7H11ClF3NO. The molecule has 0 aliphatic carbocycles. The van der Waals surface area contributed by atoms with Gasteiger partial charge in [0.05, 0.1) is 0 Å². The van der Waals surface area contributed by atoms with Crippen molar-refractivity contribution in [2.24, 2.45) is 0 Å². The molecular weight excluding hydrogens is 207 g/mol. The number of halogens is 4. The first-order chi connectivity index (χ1) is 5.89. The number of carbonyl (C=O) groups excluding carboxylic acids is 1. The van der Waals surface area contributed by atoms with E-state index in [0.717, 1.165) is 0 Å². The van der Waals surface area contributed by atoms with Gasteiger partial charge in [0, 0.05) is 11.9 Å². The predicted molar refractivity (Wildman–Crippen MR) is 43.6 cm³/mol. The van der Waals surface area contributed by atoms with Crippen molar-refractivity contribution in [2.45, 2.75) is 32.0 Å². The van der Waals surface area contributed by atoms with E-state index in [0.29, 0.717) is 6.42 Å². The first-order valence-corrected chi connectivity index (χ1v) is 4.34. The maximum atomic E-state index is 11.7. The molecule has 2 nitrogen and oxygen atoms in total. The SMILES string of the molecule is CCC(CCl)NC(=O)CC(F)(F)F. The Labute approximate surface area is 79.4 Å². The molecule has 1 unspecified atom stereocenters. The van der Waals surface area contributed by atoms with Crippen LogP contribution in [0.3, 0.4) is 0 Å². The minimum atomic E-state index is -4.45. The predicted octanol–water partition coefficient (Wildman–Crippen LogP) is 2.07. The molecule has 0 aromatic carbocycles. The molecule has 0 aliphatic heterocycles. The van der Waals surface area contributed by atoms with Gasteiger partial charge in [-0.25, -0.2) is 0 Å². The average Bonchev–Trinajstić information content (AvgIpc) is 1.96. The van der Waals surface area contributed by atoms with Crippen LogP contribution in [0, 0.1) is 0 Å². The van der Waals surface area contributed by atoms with E-state index in [1.54, 1.807) is 6.92 Å². The largest absolute Gasteiger partial charge is 0.397 e. The smallest absolute Gasteiger partial charge is 0.352 e. The summed E-state index contributed by atoms with van der Waals surface area (Å²) in [6.07, 6.45) is -5.37. The van der Waals surface area contributed by atoms with E-state index in [9.17, 15) is 18.0 Å². The molecule has 0 bridgehead atoms. The third-order valence-corrected chi connectivity index (χ3v) is 1.78. The Hall–Kier alpha value is -0.450. The Morgan fingerprint density at radius 2 is 2.08 bits per heavy atom. The lowest BCUT2D eigenvalue weighted by Crippen LogP contribution is -2.37. The lowest BCUT2D eigenvalue weighted by Gasteiger charge is -2.14. The van der Waals surface area contributed by atoms with Crippen LogP contribution in [0.15, 0.2) is 0 Å². The summed E-state index contributed by atoms with van der Waals surface area (Å²) in [4.78, 5) is 10.7. The fourth-order valence-electron chi connectivity index (χ4n) is 0.711.